The lowest BCUT2D eigenvalue weighted by molar-refractivity contribution is 0.213. The normalized spacial score (nSPS) is 12.8. The third-order valence-corrected chi connectivity index (χ3v) is 3.18. The molecule has 1 N–H and O–H groups in total. The minimum Gasteiger partial charge on any atom is -0.382 e. The van der Waals surface area contributed by atoms with Crippen LogP contribution in [-0.4, -0.2) is 14.9 Å². The molecule has 0 spiro atoms. The first-order chi connectivity index (χ1) is 7.58. The summed E-state index contributed by atoms with van der Waals surface area (Å²) in [5.74, 6) is 0. The van der Waals surface area contributed by atoms with Gasteiger partial charge >= 0.3 is 0 Å². The number of benzene rings is 1. The lowest BCUT2D eigenvalue weighted by Gasteiger charge is -2.11. The van der Waals surface area contributed by atoms with E-state index in [9.17, 15) is 5.11 Å². The molecule has 2 rings (SSSR count). The van der Waals surface area contributed by atoms with E-state index in [1.165, 1.54) is 0 Å². The highest BCUT2D eigenvalue weighted by atomic mass is 79.9. The molecular formula is C12H13BrN2O. The van der Waals surface area contributed by atoms with Crippen LogP contribution in [0.3, 0.4) is 0 Å². The Labute approximate surface area is 103 Å². The Kier molecular flexibility index (Phi) is 3.12. The summed E-state index contributed by atoms with van der Waals surface area (Å²) in [6.45, 7) is 2.00. The van der Waals surface area contributed by atoms with E-state index in [2.05, 4.69) is 21.0 Å². The van der Waals surface area contributed by atoms with Gasteiger partial charge in [0.05, 0.1) is 5.69 Å². The van der Waals surface area contributed by atoms with Gasteiger partial charge < -0.3 is 5.11 Å². The Hall–Kier alpha value is -1.13. The minimum absolute atomic E-state index is 0.661. The van der Waals surface area contributed by atoms with Gasteiger partial charge in [0.1, 0.15) is 6.10 Å². The number of rotatable bonds is 2. The summed E-state index contributed by atoms with van der Waals surface area (Å²) in [5, 5.41) is 14.4. The molecule has 2 aromatic rings. The molecule has 1 heterocycles. The van der Waals surface area contributed by atoms with Crippen molar-refractivity contribution in [3.63, 3.8) is 0 Å². The number of nitrogens with zero attached hydrogens (tertiary/aromatic N) is 2. The lowest BCUT2D eigenvalue weighted by Crippen LogP contribution is -2.03. The zero-order chi connectivity index (χ0) is 11.7. The molecular weight excluding hydrogens is 268 g/mol. The third kappa shape index (κ3) is 2.18. The molecule has 0 saturated heterocycles. The van der Waals surface area contributed by atoms with Gasteiger partial charge in [0.2, 0.25) is 0 Å². The Morgan fingerprint density at radius 1 is 1.38 bits per heavy atom. The summed E-state index contributed by atoms with van der Waals surface area (Å²) in [5.41, 5.74) is 2.63. The fourth-order valence-electron chi connectivity index (χ4n) is 1.61. The molecule has 0 saturated carbocycles. The second-order valence-electron chi connectivity index (χ2n) is 3.84. The highest BCUT2D eigenvalue weighted by Gasteiger charge is 2.15. The van der Waals surface area contributed by atoms with Gasteiger partial charge in [0, 0.05) is 23.3 Å². The molecule has 0 fully saturated rings. The number of halogens is 1. The maximum atomic E-state index is 10.2. The molecule has 4 heteroatoms. The van der Waals surface area contributed by atoms with E-state index in [0.717, 1.165) is 15.6 Å². The molecule has 84 valence electrons. The number of aromatic nitrogens is 2. The Morgan fingerprint density at radius 2 is 2.12 bits per heavy atom. The van der Waals surface area contributed by atoms with Crippen molar-refractivity contribution in [2.75, 3.05) is 0 Å². The Bertz CT molecular complexity index is 507. The molecule has 0 radical (unpaired) electrons. The van der Waals surface area contributed by atoms with Crippen molar-refractivity contribution in [2.24, 2.45) is 7.05 Å². The largest absolute Gasteiger partial charge is 0.382 e. The summed E-state index contributed by atoms with van der Waals surface area (Å²) in [7, 11) is 1.83. The average molecular weight is 281 g/mol. The molecule has 0 aliphatic heterocycles. The van der Waals surface area contributed by atoms with Crippen molar-refractivity contribution < 1.29 is 5.11 Å². The quantitative estimate of drug-likeness (QED) is 0.918. The first-order valence-corrected chi connectivity index (χ1v) is 5.81. The van der Waals surface area contributed by atoms with Crippen LogP contribution in [0.1, 0.15) is 22.9 Å². The molecule has 1 aromatic heterocycles. The second kappa shape index (κ2) is 4.39. The number of aryl methyl sites for hydroxylation is 2. The van der Waals surface area contributed by atoms with Gasteiger partial charge in [0.15, 0.2) is 0 Å². The van der Waals surface area contributed by atoms with E-state index in [-0.39, 0.29) is 0 Å². The first kappa shape index (κ1) is 11.4. The maximum absolute atomic E-state index is 10.2. The molecule has 1 unspecified atom stereocenters. The second-order valence-corrected chi connectivity index (χ2v) is 4.70. The van der Waals surface area contributed by atoms with Crippen LogP contribution in [0.4, 0.5) is 0 Å². The van der Waals surface area contributed by atoms with Crippen molar-refractivity contribution in [2.45, 2.75) is 13.0 Å². The molecule has 16 heavy (non-hydrogen) atoms. The lowest BCUT2D eigenvalue weighted by atomic mass is 10.0. The van der Waals surface area contributed by atoms with E-state index in [1.807, 2.05) is 44.4 Å². The zero-order valence-corrected chi connectivity index (χ0v) is 10.8. The van der Waals surface area contributed by atoms with Crippen LogP contribution in [0.5, 0.6) is 0 Å². The fourth-order valence-corrected chi connectivity index (χ4v) is 2.07. The van der Waals surface area contributed by atoms with Gasteiger partial charge in [-0.1, -0.05) is 33.6 Å². The predicted octanol–water partition coefficient (Wildman–Crippen LogP) is 2.57. The van der Waals surface area contributed by atoms with Crippen LogP contribution in [0.25, 0.3) is 0 Å². The summed E-state index contributed by atoms with van der Waals surface area (Å²) in [4.78, 5) is 0. The summed E-state index contributed by atoms with van der Waals surface area (Å²) in [6, 6.07) is 7.72. The molecule has 1 aromatic carbocycles. The first-order valence-electron chi connectivity index (χ1n) is 5.01. The van der Waals surface area contributed by atoms with Crippen LogP contribution >= 0.6 is 15.9 Å². The summed E-state index contributed by atoms with van der Waals surface area (Å²) < 4.78 is 2.58. The van der Waals surface area contributed by atoms with E-state index in [1.54, 1.807) is 4.68 Å². The SMILES string of the molecule is Cc1ccc(Br)c(C(O)c2ccn(C)n2)c1. The maximum Gasteiger partial charge on any atom is 0.124 e. The van der Waals surface area contributed by atoms with E-state index in [4.69, 9.17) is 0 Å². The van der Waals surface area contributed by atoms with E-state index < -0.39 is 6.10 Å². The highest BCUT2D eigenvalue weighted by molar-refractivity contribution is 9.10. The summed E-state index contributed by atoms with van der Waals surface area (Å²) >= 11 is 3.44. The highest BCUT2D eigenvalue weighted by Crippen LogP contribution is 2.28. The zero-order valence-electron chi connectivity index (χ0n) is 9.18. The van der Waals surface area contributed by atoms with E-state index in [0.29, 0.717) is 5.69 Å². The predicted molar refractivity (Wildman–Crippen MR) is 66.1 cm³/mol. The van der Waals surface area contributed by atoms with Crippen LogP contribution in [0.15, 0.2) is 34.9 Å². The van der Waals surface area contributed by atoms with Gasteiger partial charge in [-0.3, -0.25) is 4.68 Å². The average Bonchev–Trinajstić information content (AvgIpc) is 2.67. The van der Waals surface area contributed by atoms with E-state index >= 15 is 0 Å². The van der Waals surface area contributed by atoms with Crippen molar-refractivity contribution in [3.05, 3.63) is 51.8 Å². The smallest absolute Gasteiger partial charge is 0.124 e. The molecule has 0 bridgehead atoms. The monoisotopic (exact) mass is 280 g/mol. The number of hydrogen-bond donors (Lipinski definition) is 1. The standard InChI is InChI=1S/C12H13BrN2O/c1-8-3-4-10(13)9(7-8)12(16)11-5-6-15(2)14-11/h3-7,12,16H,1-2H3. The molecule has 1 atom stereocenters. The van der Waals surface area contributed by atoms with Crippen LogP contribution in [0, 0.1) is 6.92 Å². The van der Waals surface area contributed by atoms with Crippen molar-refractivity contribution in [1.82, 2.24) is 9.78 Å². The van der Waals surface area contributed by atoms with Crippen LogP contribution in [-0.2, 0) is 7.05 Å². The fraction of sp³-hybridized carbons (Fsp3) is 0.250. The van der Waals surface area contributed by atoms with Gasteiger partial charge in [0.25, 0.3) is 0 Å². The molecule has 3 nitrogen and oxygen atoms in total. The van der Waals surface area contributed by atoms with Crippen molar-refractivity contribution in [1.29, 1.82) is 0 Å². The van der Waals surface area contributed by atoms with Gasteiger partial charge in [-0.05, 0) is 19.1 Å². The van der Waals surface area contributed by atoms with Crippen LogP contribution < -0.4 is 0 Å². The summed E-state index contributed by atoms with van der Waals surface area (Å²) in [6.07, 6.45) is 1.14. The topological polar surface area (TPSA) is 38.0 Å². The molecule has 0 aliphatic carbocycles. The van der Waals surface area contributed by atoms with Gasteiger partial charge in [-0.15, -0.1) is 0 Å². The van der Waals surface area contributed by atoms with Gasteiger partial charge in [-0.25, -0.2) is 0 Å². The number of aliphatic hydroxyl groups excluding tert-OH is 1. The van der Waals surface area contributed by atoms with Crippen LogP contribution in [0.2, 0.25) is 0 Å². The number of aliphatic hydroxyl groups is 1. The molecule has 0 aliphatic rings. The Balaban J connectivity index is 2.40. The third-order valence-electron chi connectivity index (χ3n) is 2.46. The number of hydrogen-bond acceptors (Lipinski definition) is 2. The van der Waals surface area contributed by atoms with Gasteiger partial charge in [-0.2, -0.15) is 5.10 Å². The minimum atomic E-state index is -0.685. The Morgan fingerprint density at radius 3 is 2.75 bits per heavy atom. The van der Waals surface area contributed by atoms with Crippen molar-refractivity contribution >= 4 is 15.9 Å². The molecule has 0 amide bonds. The van der Waals surface area contributed by atoms with Crippen molar-refractivity contribution in [3.8, 4) is 0 Å².